The summed E-state index contributed by atoms with van der Waals surface area (Å²) < 4.78 is 3.94. The number of rotatable bonds is 1. The van der Waals surface area contributed by atoms with Gasteiger partial charge in [0.25, 0.3) is 4.67 Å². The van der Waals surface area contributed by atoms with Gasteiger partial charge in [-0.05, 0) is 34.5 Å². The van der Waals surface area contributed by atoms with Gasteiger partial charge in [-0.3, -0.25) is 0 Å². The van der Waals surface area contributed by atoms with Gasteiger partial charge in [-0.2, -0.15) is 0 Å². The van der Waals surface area contributed by atoms with Gasteiger partial charge in [0, 0.05) is 23.9 Å². The number of nitrogens with zero attached hydrogens (tertiary/aromatic N) is 1. The smallest absolute Gasteiger partial charge is 0.220 e. The van der Waals surface area contributed by atoms with Gasteiger partial charge in [-0.15, -0.1) is 0 Å². The lowest BCUT2D eigenvalue weighted by molar-refractivity contribution is 0.456. The average molecular weight is 297 g/mol. The zero-order chi connectivity index (χ0) is 12.4. The Morgan fingerprint density at radius 1 is 0.944 bits per heavy atom. The summed E-state index contributed by atoms with van der Waals surface area (Å²) in [5.41, 5.74) is 1.27. The van der Waals surface area contributed by atoms with E-state index >= 15 is 0 Å². The molecule has 0 unspecified atom stereocenters. The predicted octanol–water partition coefficient (Wildman–Crippen LogP) is 4.09. The van der Waals surface area contributed by atoms with Gasteiger partial charge in [-0.1, -0.05) is 34.1 Å². The van der Waals surface area contributed by atoms with Crippen LogP contribution in [-0.4, -0.2) is 13.1 Å². The number of hydrogen-bond donors (Lipinski definition) is 0. The lowest BCUT2D eigenvalue weighted by atomic mass is 10.1. The Hall–Kier alpha value is -0.640. The van der Waals surface area contributed by atoms with Crippen LogP contribution in [0.5, 0.6) is 0 Å². The maximum atomic E-state index is 5.92. The summed E-state index contributed by atoms with van der Waals surface area (Å²) in [5.74, 6) is 0. The molecule has 0 N–H and O–H groups in total. The maximum Gasteiger partial charge on any atom is 0.267 e. The van der Waals surface area contributed by atoms with Gasteiger partial charge in [0.2, 0.25) is 0 Å². The fourth-order valence-electron chi connectivity index (χ4n) is 2.25. The molecule has 94 valence electrons. The molecule has 4 heteroatoms. The number of piperidine rings is 1. The molecule has 0 amide bonds. The van der Waals surface area contributed by atoms with E-state index < -0.39 is 0 Å². The third kappa shape index (κ3) is 2.68. The first kappa shape index (κ1) is 12.4. The molecule has 1 aromatic heterocycles. The molecule has 2 heterocycles. The molecule has 1 saturated heterocycles. The molecule has 3 rings (SSSR count). The number of halogens is 1. The van der Waals surface area contributed by atoms with Crippen LogP contribution >= 0.6 is 32.3 Å². The molecule has 1 nitrogen and oxygen atoms in total. The van der Waals surface area contributed by atoms with Crippen molar-refractivity contribution in [3.8, 4) is 10.4 Å². The topological polar surface area (TPSA) is 3.01 Å². The minimum absolute atomic E-state index is 0.801. The first-order valence-corrected chi connectivity index (χ1v) is 8.80. The van der Waals surface area contributed by atoms with E-state index in [1.54, 1.807) is 0 Å². The monoisotopic (exact) mass is 296 g/mol. The third-order valence-corrected chi connectivity index (χ3v) is 5.98. The predicted molar refractivity (Wildman–Crippen MR) is 81.5 cm³/mol. The van der Waals surface area contributed by atoms with Gasteiger partial charge in [0.05, 0.1) is 4.88 Å². The molecule has 0 radical (unpaired) electrons. The SMILES string of the molecule is Clc1ccc(-c2cc(=[N+]3CCCCC3)ss2)cc1. The molecule has 1 aromatic carbocycles. The Morgan fingerprint density at radius 3 is 2.39 bits per heavy atom. The quantitative estimate of drug-likeness (QED) is 0.551. The summed E-state index contributed by atoms with van der Waals surface area (Å²) in [5, 5.41) is 0.801. The number of benzene rings is 1. The summed E-state index contributed by atoms with van der Waals surface area (Å²) in [7, 11) is 3.75. The van der Waals surface area contributed by atoms with Crippen LogP contribution in [0, 0.1) is 0 Å². The van der Waals surface area contributed by atoms with Crippen LogP contribution in [0.4, 0.5) is 0 Å². The highest BCUT2D eigenvalue weighted by Gasteiger charge is 2.13. The second-order valence-corrected chi connectivity index (χ2v) is 7.20. The van der Waals surface area contributed by atoms with Crippen molar-refractivity contribution >= 4 is 32.3 Å². The van der Waals surface area contributed by atoms with Crippen LogP contribution in [0.25, 0.3) is 10.4 Å². The van der Waals surface area contributed by atoms with Crippen molar-refractivity contribution in [2.75, 3.05) is 13.1 Å². The standard InChI is InChI=1S/C14H15ClNS2/c15-12-6-4-11(5-7-12)13-10-14(18-17-13)16-8-2-1-3-9-16/h4-7,10H,1-3,8-9H2/q+1. The molecule has 1 aliphatic rings. The minimum Gasteiger partial charge on any atom is -0.220 e. The van der Waals surface area contributed by atoms with Crippen LogP contribution in [0.3, 0.4) is 0 Å². The summed E-state index contributed by atoms with van der Waals surface area (Å²) in [6.45, 7) is 2.43. The molecule has 0 aliphatic carbocycles. The van der Waals surface area contributed by atoms with Gasteiger partial charge in [0.15, 0.2) is 0 Å². The van der Waals surface area contributed by atoms with E-state index in [0.717, 1.165) is 5.02 Å². The van der Waals surface area contributed by atoms with Crippen molar-refractivity contribution in [3.05, 3.63) is 40.0 Å². The Labute approximate surface area is 119 Å². The molecule has 18 heavy (non-hydrogen) atoms. The van der Waals surface area contributed by atoms with E-state index in [2.05, 4.69) is 22.8 Å². The van der Waals surface area contributed by atoms with E-state index in [0.29, 0.717) is 0 Å². The largest absolute Gasteiger partial charge is 0.267 e. The Bertz CT molecular complexity index is 587. The summed E-state index contributed by atoms with van der Waals surface area (Å²) >= 11 is 5.92. The molecule has 0 saturated carbocycles. The van der Waals surface area contributed by atoms with Crippen molar-refractivity contribution in [3.63, 3.8) is 0 Å². The molecule has 2 aromatic rings. The summed E-state index contributed by atoms with van der Waals surface area (Å²) in [6.07, 6.45) is 4.05. The lowest BCUT2D eigenvalue weighted by Crippen LogP contribution is -2.32. The van der Waals surface area contributed by atoms with Crippen molar-refractivity contribution in [1.29, 1.82) is 0 Å². The Kier molecular flexibility index (Phi) is 3.83. The van der Waals surface area contributed by atoms with E-state index in [1.807, 2.05) is 32.8 Å². The fourth-order valence-corrected chi connectivity index (χ4v) is 4.89. The third-order valence-electron chi connectivity index (χ3n) is 3.27. The highest BCUT2D eigenvalue weighted by molar-refractivity contribution is 7.69. The minimum atomic E-state index is 0.801. The first-order chi connectivity index (χ1) is 8.83. The molecule has 1 fully saturated rings. The molecule has 0 bridgehead atoms. The van der Waals surface area contributed by atoms with E-state index in [9.17, 15) is 0 Å². The molecular weight excluding hydrogens is 282 g/mol. The normalized spacial score (nSPS) is 15.9. The Balaban J connectivity index is 1.96. The van der Waals surface area contributed by atoms with Crippen LogP contribution in [0.15, 0.2) is 30.3 Å². The van der Waals surface area contributed by atoms with Crippen molar-refractivity contribution in [1.82, 2.24) is 4.58 Å². The van der Waals surface area contributed by atoms with Crippen LogP contribution in [0.2, 0.25) is 5.02 Å². The molecule has 0 atom stereocenters. The highest BCUT2D eigenvalue weighted by Crippen LogP contribution is 2.26. The van der Waals surface area contributed by atoms with E-state index in [1.165, 1.54) is 47.5 Å². The average Bonchev–Trinajstić information content (AvgIpc) is 2.90. The van der Waals surface area contributed by atoms with E-state index in [-0.39, 0.29) is 0 Å². The second-order valence-electron chi connectivity index (χ2n) is 4.57. The van der Waals surface area contributed by atoms with Crippen molar-refractivity contribution in [2.24, 2.45) is 0 Å². The maximum absolute atomic E-state index is 5.92. The molecule has 1 aliphatic heterocycles. The van der Waals surface area contributed by atoms with Gasteiger partial charge in [0.1, 0.15) is 13.1 Å². The second kappa shape index (κ2) is 5.55. The zero-order valence-electron chi connectivity index (χ0n) is 10.1. The van der Waals surface area contributed by atoms with Crippen molar-refractivity contribution in [2.45, 2.75) is 19.3 Å². The molecule has 0 spiro atoms. The van der Waals surface area contributed by atoms with Gasteiger partial charge < -0.3 is 0 Å². The van der Waals surface area contributed by atoms with Gasteiger partial charge in [-0.25, -0.2) is 4.58 Å². The number of hydrogen-bond acceptors (Lipinski definition) is 2. The van der Waals surface area contributed by atoms with Gasteiger partial charge >= 0.3 is 0 Å². The first-order valence-electron chi connectivity index (χ1n) is 6.27. The Morgan fingerprint density at radius 2 is 1.67 bits per heavy atom. The van der Waals surface area contributed by atoms with Crippen molar-refractivity contribution < 1.29 is 0 Å². The summed E-state index contributed by atoms with van der Waals surface area (Å²) in [4.78, 5) is 1.34. The lowest BCUT2D eigenvalue weighted by Gasteiger charge is -2.07. The summed E-state index contributed by atoms with van der Waals surface area (Å²) in [6, 6.07) is 10.4. The van der Waals surface area contributed by atoms with Crippen LogP contribution in [-0.2, 0) is 0 Å². The van der Waals surface area contributed by atoms with Crippen LogP contribution < -0.4 is 9.25 Å². The highest BCUT2D eigenvalue weighted by atomic mass is 35.5. The molecular formula is C14H15ClNS2+. The van der Waals surface area contributed by atoms with Crippen LogP contribution in [0.1, 0.15) is 19.3 Å². The zero-order valence-corrected chi connectivity index (χ0v) is 12.5. The van der Waals surface area contributed by atoms with E-state index in [4.69, 9.17) is 11.6 Å². The fraction of sp³-hybridized carbons (Fsp3) is 0.357.